The number of benzene rings is 2. The molecule has 30 heavy (non-hydrogen) atoms. The molecule has 0 radical (unpaired) electrons. The van der Waals surface area contributed by atoms with Crippen LogP contribution in [0.5, 0.6) is 5.75 Å². The lowest BCUT2D eigenvalue weighted by Gasteiger charge is -2.18. The Bertz CT molecular complexity index is 1020. The maximum atomic E-state index is 12.7. The second-order valence-corrected chi connectivity index (χ2v) is 6.93. The van der Waals surface area contributed by atoms with Crippen molar-refractivity contribution >= 4 is 23.4 Å². The number of nitrogens with one attached hydrogen (secondary N) is 1. The van der Waals surface area contributed by atoms with E-state index in [0.717, 1.165) is 5.56 Å². The number of hydrogen-bond donors (Lipinski definition) is 1. The van der Waals surface area contributed by atoms with Crippen molar-refractivity contribution in [3.05, 3.63) is 84.1 Å². The summed E-state index contributed by atoms with van der Waals surface area (Å²) in [7, 11) is 1.58. The van der Waals surface area contributed by atoms with Crippen LogP contribution in [0.25, 0.3) is 0 Å². The van der Waals surface area contributed by atoms with Crippen LogP contribution in [0, 0.1) is 0 Å². The Morgan fingerprint density at radius 1 is 1.03 bits per heavy atom. The summed E-state index contributed by atoms with van der Waals surface area (Å²) in [5, 5.41) is 2.81. The Labute approximate surface area is 174 Å². The van der Waals surface area contributed by atoms with E-state index < -0.39 is 0 Å². The van der Waals surface area contributed by atoms with E-state index in [1.807, 2.05) is 30.3 Å². The van der Waals surface area contributed by atoms with Gasteiger partial charge in [-0.3, -0.25) is 9.69 Å². The van der Waals surface area contributed by atoms with Crippen LogP contribution in [0.15, 0.2) is 72.9 Å². The molecule has 1 aliphatic heterocycles. The Hall–Kier alpha value is -3.87. The van der Waals surface area contributed by atoms with E-state index in [1.165, 1.54) is 0 Å². The summed E-state index contributed by atoms with van der Waals surface area (Å²) in [5.74, 6) is 1.02. The van der Waals surface area contributed by atoms with Crippen LogP contribution in [-0.2, 0) is 6.54 Å². The van der Waals surface area contributed by atoms with Crippen LogP contribution in [0.4, 0.5) is 16.3 Å². The summed E-state index contributed by atoms with van der Waals surface area (Å²) in [6.45, 7) is 1.80. The van der Waals surface area contributed by atoms with Crippen LogP contribution < -0.4 is 15.0 Å². The lowest BCUT2D eigenvalue weighted by molar-refractivity contribution is 0.102. The molecule has 7 nitrogen and oxygen atoms in total. The largest absolute Gasteiger partial charge is 0.497 e. The number of carbonyl (C=O) groups is 2. The predicted molar refractivity (Wildman–Crippen MR) is 115 cm³/mol. The van der Waals surface area contributed by atoms with E-state index in [1.54, 1.807) is 59.5 Å². The molecule has 0 bridgehead atoms. The Morgan fingerprint density at radius 3 is 2.47 bits per heavy atom. The molecule has 3 aromatic rings. The van der Waals surface area contributed by atoms with Gasteiger partial charge in [-0.25, -0.2) is 9.78 Å². The van der Waals surface area contributed by atoms with Gasteiger partial charge in [0.1, 0.15) is 11.6 Å². The Kier molecular flexibility index (Phi) is 5.61. The molecule has 0 spiro atoms. The topological polar surface area (TPSA) is 74.8 Å². The van der Waals surface area contributed by atoms with Gasteiger partial charge in [-0.2, -0.15) is 0 Å². The number of anilines is 2. The number of methoxy groups -OCH3 is 1. The number of pyridine rings is 1. The minimum atomic E-state index is -0.238. The third-order valence-corrected chi connectivity index (χ3v) is 4.95. The first-order chi connectivity index (χ1) is 14.6. The maximum absolute atomic E-state index is 12.7. The van der Waals surface area contributed by atoms with E-state index in [4.69, 9.17) is 4.74 Å². The molecule has 1 saturated heterocycles. The van der Waals surface area contributed by atoms with E-state index in [2.05, 4.69) is 10.3 Å². The Morgan fingerprint density at radius 2 is 1.80 bits per heavy atom. The molecule has 0 aliphatic carbocycles. The zero-order chi connectivity index (χ0) is 20.9. The zero-order valence-corrected chi connectivity index (χ0v) is 16.6. The lowest BCUT2D eigenvalue weighted by atomic mass is 10.2. The van der Waals surface area contributed by atoms with E-state index in [9.17, 15) is 9.59 Å². The van der Waals surface area contributed by atoms with Gasteiger partial charge in [0.15, 0.2) is 0 Å². The minimum absolute atomic E-state index is 0.0682. The van der Waals surface area contributed by atoms with Crippen molar-refractivity contribution in [2.24, 2.45) is 0 Å². The molecule has 152 valence electrons. The molecule has 1 aromatic heterocycles. The van der Waals surface area contributed by atoms with Crippen molar-refractivity contribution in [1.29, 1.82) is 0 Å². The van der Waals surface area contributed by atoms with Crippen molar-refractivity contribution in [2.75, 3.05) is 30.4 Å². The second-order valence-electron chi connectivity index (χ2n) is 6.93. The maximum Gasteiger partial charge on any atom is 0.326 e. The quantitative estimate of drug-likeness (QED) is 0.681. The summed E-state index contributed by atoms with van der Waals surface area (Å²) in [6, 6.07) is 20.2. The van der Waals surface area contributed by atoms with Crippen LogP contribution >= 0.6 is 0 Å². The summed E-state index contributed by atoms with van der Waals surface area (Å²) in [6.07, 6.45) is 1.56. The molecule has 1 N–H and O–H groups in total. The van der Waals surface area contributed by atoms with Gasteiger partial charge in [0.05, 0.1) is 19.0 Å². The summed E-state index contributed by atoms with van der Waals surface area (Å²) < 4.78 is 5.10. The SMILES string of the molecule is COc1ccc(C(=O)Nc2ccc(N3CCN(Cc4ccccc4)C3=O)nc2)cc1. The third-order valence-electron chi connectivity index (χ3n) is 4.95. The molecule has 0 saturated carbocycles. The monoisotopic (exact) mass is 402 g/mol. The molecule has 4 rings (SSSR count). The fourth-order valence-corrected chi connectivity index (χ4v) is 3.31. The number of urea groups is 1. The van der Waals surface area contributed by atoms with Crippen molar-refractivity contribution in [3.8, 4) is 5.75 Å². The molecule has 0 atom stereocenters. The van der Waals surface area contributed by atoms with Crippen LogP contribution in [0.2, 0.25) is 0 Å². The summed E-state index contributed by atoms with van der Waals surface area (Å²) in [5.41, 5.74) is 2.18. The first-order valence-electron chi connectivity index (χ1n) is 9.66. The zero-order valence-electron chi connectivity index (χ0n) is 16.6. The van der Waals surface area contributed by atoms with E-state index in [-0.39, 0.29) is 11.9 Å². The van der Waals surface area contributed by atoms with Crippen molar-refractivity contribution < 1.29 is 14.3 Å². The molecule has 0 unspecified atom stereocenters. The molecule has 2 aromatic carbocycles. The normalized spacial score (nSPS) is 13.4. The smallest absolute Gasteiger partial charge is 0.326 e. The van der Waals surface area contributed by atoms with Gasteiger partial charge < -0.3 is 15.0 Å². The van der Waals surface area contributed by atoms with Crippen molar-refractivity contribution in [1.82, 2.24) is 9.88 Å². The van der Waals surface area contributed by atoms with Gasteiger partial charge in [-0.05, 0) is 42.0 Å². The van der Waals surface area contributed by atoms with E-state index in [0.29, 0.717) is 42.5 Å². The fourth-order valence-electron chi connectivity index (χ4n) is 3.31. The summed E-state index contributed by atoms with van der Waals surface area (Å²) >= 11 is 0. The number of hydrogen-bond acceptors (Lipinski definition) is 4. The van der Waals surface area contributed by atoms with Gasteiger partial charge >= 0.3 is 6.03 Å². The molecule has 1 aliphatic rings. The van der Waals surface area contributed by atoms with Crippen LogP contribution in [0.1, 0.15) is 15.9 Å². The fraction of sp³-hybridized carbons (Fsp3) is 0.174. The number of amides is 3. The van der Waals surface area contributed by atoms with Gasteiger partial charge in [0.2, 0.25) is 0 Å². The van der Waals surface area contributed by atoms with Gasteiger partial charge in [0.25, 0.3) is 5.91 Å². The highest BCUT2D eigenvalue weighted by Gasteiger charge is 2.30. The molecule has 3 amide bonds. The highest BCUT2D eigenvalue weighted by atomic mass is 16.5. The van der Waals surface area contributed by atoms with Crippen LogP contribution in [-0.4, -0.2) is 42.0 Å². The molecular weight excluding hydrogens is 380 g/mol. The summed E-state index contributed by atoms with van der Waals surface area (Å²) in [4.78, 5) is 32.9. The number of aromatic nitrogens is 1. The predicted octanol–water partition coefficient (Wildman–Crippen LogP) is 3.78. The first-order valence-corrected chi connectivity index (χ1v) is 9.66. The Balaban J connectivity index is 1.38. The molecule has 1 fully saturated rings. The number of carbonyl (C=O) groups excluding carboxylic acids is 2. The standard InChI is InChI=1S/C23H22N4O3/c1-30-20-10-7-18(8-11-20)22(28)25-19-9-12-21(24-15-19)27-14-13-26(23(27)29)16-17-5-3-2-4-6-17/h2-12,15H,13-14,16H2,1H3,(H,25,28). The first kappa shape index (κ1) is 19.4. The lowest BCUT2D eigenvalue weighted by Crippen LogP contribution is -2.31. The average molecular weight is 402 g/mol. The van der Waals surface area contributed by atoms with Crippen molar-refractivity contribution in [3.63, 3.8) is 0 Å². The molecule has 2 heterocycles. The number of ether oxygens (including phenoxy) is 1. The number of rotatable bonds is 6. The highest BCUT2D eigenvalue weighted by molar-refractivity contribution is 6.04. The van der Waals surface area contributed by atoms with Gasteiger partial charge in [-0.1, -0.05) is 30.3 Å². The number of nitrogens with zero attached hydrogens (tertiary/aromatic N) is 3. The van der Waals surface area contributed by atoms with E-state index >= 15 is 0 Å². The highest BCUT2D eigenvalue weighted by Crippen LogP contribution is 2.21. The third kappa shape index (κ3) is 4.25. The molecule has 7 heteroatoms. The van der Waals surface area contributed by atoms with Crippen molar-refractivity contribution in [2.45, 2.75) is 6.54 Å². The van der Waals surface area contributed by atoms with Crippen LogP contribution in [0.3, 0.4) is 0 Å². The van der Waals surface area contributed by atoms with Gasteiger partial charge in [-0.15, -0.1) is 0 Å². The molecular formula is C23H22N4O3. The minimum Gasteiger partial charge on any atom is -0.497 e. The second kappa shape index (κ2) is 8.65. The average Bonchev–Trinajstić information content (AvgIpc) is 3.15. The van der Waals surface area contributed by atoms with Gasteiger partial charge in [0, 0.05) is 25.2 Å².